The number of hydrogen-bond donors (Lipinski definition) is 1. The van der Waals surface area contributed by atoms with Gasteiger partial charge in [-0.2, -0.15) is 0 Å². The van der Waals surface area contributed by atoms with Crippen molar-refractivity contribution in [1.29, 1.82) is 0 Å². The van der Waals surface area contributed by atoms with E-state index in [0.717, 1.165) is 49.4 Å². The molecule has 1 aromatic rings. The van der Waals surface area contributed by atoms with E-state index in [4.69, 9.17) is 0 Å². The highest BCUT2D eigenvalue weighted by molar-refractivity contribution is 7.85. The third-order valence-electron chi connectivity index (χ3n) is 4.93. The molecular weight excluding hydrogens is 318 g/mol. The number of urea groups is 1. The van der Waals surface area contributed by atoms with Gasteiger partial charge in [-0.1, -0.05) is 6.42 Å². The highest BCUT2D eigenvalue weighted by Crippen LogP contribution is 2.37. The number of carbonyl (C=O) groups excluding carboxylic acids is 1. The lowest BCUT2D eigenvalue weighted by molar-refractivity contribution is 0.188. The van der Waals surface area contributed by atoms with Crippen LogP contribution in [0.2, 0.25) is 0 Å². The highest BCUT2D eigenvalue weighted by Gasteiger charge is 2.42. The van der Waals surface area contributed by atoms with E-state index in [0.29, 0.717) is 6.54 Å². The smallest absolute Gasteiger partial charge is 0.318 e. The fourth-order valence-electron chi connectivity index (χ4n) is 3.33. The molecule has 1 saturated carbocycles. The van der Waals surface area contributed by atoms with Gasteiger partial charge in [0.1, 0.15) is 0 Å². The van der Waals surface area contributed by atoms with Crippen LogP contribution >= 0.6 is 11.3 Å². The molecule has 1 aliphatic heterocycles. The number of nitrogens with one attached hydrogen (secondary N) is 1. The number of rotatable bonds is 4. The number of aryl methyl sites for hydroxylation is 1. The fraction of sp³-hybridized carbons (Fsp3) is 0.733. The molecule has 2 amide bonds. The molecule has 0 aromatic carbocycles. The van der Waals surface area contributed by atoms with E-state index in [1.807, 2.05) is 11.8 Å². The number of likely N-dealkylation sites (tertiary alicyclic amines) is 1. The molecule has 3 rings (SSSR count). The van der Waals surface area contributed by atoms with Crippen molar-refractivity contribution < 1.29 is 9.00 Å². The minimum Gasteiger partial charge on any atom is -0.336 e. The predicted molar refractivity (Wildman–Crippen MR) is 89.6 cm³/mol. The van der Waals surface area contributed by atoms with E-state index < -0.39 is 10.8 Å². The molecule has 1 aromatic heterocycles. The van der Waals surface area contributed by atoms with Crippen molar-refractivity contribution in [1.82, 2.24) is 15.2 Å². The Bertz CT molecular complexity index is 583. The summed E-state index contributed by atoms with van der Waals surface area (Å²) in [7, 11) is -0.885. The molecule has 5 nitrogen and oxygen atoms in total. The van der Waals surface area contributed by atoms with Crippen molar-refractivity contribution in [3.05, 3.63) is 16.1 Å². The summed E-state index contributed by atoms with van der Waals surface area (Å²) in [5, 5.41) is 6.12. The Hall–Kier alpha value is -0.950. The van der Waals surface area contributed by atoms with E-state index in [9.17, 15) is 9.00 Å². The molecule has 2 aliphatic rings. The third kappa shape index (κ3) is 2.93. The van der Waals surface area contributed by atoms with Gasteiger partial charge in [-0.25, -0.2) is 9.78 Å². The van der Waals surface area contributed by atoms with Crippen molar-refractivity contribution in [2.24, 2.45) is 0 Å². The lowest BCUT2D eigenvalue weighted by Crippen LogP contribution is -2.53. The van der Waals surface area contributed by atoms with Crippen LogP contribution in [0.3, 0.4) is 0 Å². The SMILES string of the molecule is Cc1nc([C@H]2CCCN2C(=O)NCC2([S@@](C)=O)CCC2)cs1. The van der Waals surface area contributed by atoms with Gasteiger partial charge in [0, 0.05) is 35.5 Å². The number of amides is 2. The van der Waals surface area contributed by atoms with Crippen molar-refractivity contribution in [2.45, 2.75) is 49.8 Å². The Labute approximate surface area is 138 Å². The van der Waals surface area contributed by atoms with Crippen LogP contribution in [0.1, 0.15) is 48.8 Å². The monoisotopic (exact) mass is 341 g/mol. The van der Waals surface area contributed by atoms with Crippen LogP contribution in [0.4, 0.5) is 4.79 Å². The molecule has 22 heavy (non-hydrogen) atoms. The number of nitrogens with zero attached hydrogens (tertiary/aromatic N) is 2. The summed E-state index contributed by atoms with van der Waals surface area (Å²) >= 11 is 1.63. The zero-order valence-electron chi connectivity index (χ0n) is 13.1. The zero-order valence-corrected chi connectivity index (χ0v) is 14.8. The molecule has 122 valence electrons. The van der Waals surface area contributed by atoms with Crippen LogP contribution in [0.15, 0.2) is 5.38 Å². The van der Waals surface area contributed by atoms with Gasteiger partial charge in [0.2, 0.25) is 0 Å². The summed E-state index contributed by atoms with van der Waals surface area (Å²) in [5.41, 5.74) is 1.01. The van der Waals surface area contributed by atoms with Crippen molar-refractivity contribution >= 4 is 28.2 Å². The summed E-state index contributed by atoms with van der Waals surface area (Å²) in [6.45, 7) is 3.29. The molecule has 1 aliphatic carbocycles. The average molecular weight is 342 g/mol. The fourth-order valence-corrected chi connectivity index (χ4v) is 5.12. The maximum Gasteiger partial charge on any atom is 0.318 e. The summed E-state index contributed by atoms with van der Waals surface area (Å²) in [5.74, 6) is 0. The second kappa shape index (κ2) is 6.28. The lowest BCUT2D eigenvalue weighted by Gasteiger charge is -2.40. The second-order valence-corrected chi connectivity index (χ2v) is 9.13. The van der Waals surface area contributed by atoms with Crippen molar-refractivity contribution in [2.75, 3.05) is 19.3 Å². The van der Waals surface area contributed by atoms with E-state index in [2.05, 4.69) is 15.7 Å². The molecule has 2 heterocycles. The largest absolute Gasteiger partial charge is 0.336 e. The van der Waals surface area contributed by atoms with Gasteiger partial charge in [0.25, 0.3) is 0 Å². The van der Waals surface area contributed by atoms with E-state index in [-0.39, 0.29) is 16.8 Å². The minimum absolute atomic E-state index is 0.0371. The predicted octanol–water partition coefficient (Wildman–Crippen LogP) is 2.60. The Morgan fingerprint density at radius 1 is 1.55 bits per heavy atom. The first kappa shape index (κ1) is 15.9. The Balaban J connectivity index is 1.63. The minimum atomic E-state index is -0.885. The summed E-state index contributed by atoms with van der Waals surface area (Å²) in [4.78, 5) is 19.0. The summed E-state index contributed by atoms with van der Waals surface area (Å²) in [6, 6.07) is 0.0549. The number of aromatic nitrogens is 1. The number of carbonyl (C=O) groups is 1. The molecule has 2 fully saturated rings. The number of thiazole rings is 1. The van der Waals surface area contributed by atoms with Gasteiger partial charge >= 0.3 is 6.03 Å². The standard InChI is InChI=1S/C15H23N3O2S2/c1-11-17-12(9-21-11)13-5-3-8-18(13)14(19)16-10-15(22(2)20)6-4-7-15/h9,13H,3-8,10H2,1-2H3,(H,16,19)/t13-,22-/m1/s1. The second-order valence-electron chi connectivity index (χ2n) is 6.29. The van der Waals surface area contributed by atoms with Crippen molar-refractivity contribution in [3.63, 3.8) is 0 Å². The van der Waals surface area contributed by atoms with E-state index >= 15 is 0 Å². The molecule has 7 heteroatoms. The van der Waals surface area contributed by atoms with Gasteiger partial charge in [0.15, 0.2) is 0 Å². The van der Waals surface area contributed by atoms with E-state index in [1.165, 1.54) is 0 Å². The van der Waals surface area contributed by atoms with Crippen LogP contribution in [0.5, 0.6) is 0 Å². The first-order valence-electron chi connectivity index (χ1n) is 7.82. The van der Waals surface area contributed by atoms with Gasteiger partial charge in [-0.05, 0) is 32.6 Å². The molecule has 0 unspecified atom stereocenters. The summed E-state index contributed by atoms with van der Waals surface area (Å²) in [6.07, 6.45) is 6.75. The lowest BCUT2D eigenvalue weighted by atomic mass is 9.84. The first-order chi connectivity index (χ1) is 10.5. The van der Waals surface area contributed by atoms with Gasteiger partial charge in [-0.3, -0.25) is 4.21 Å². The summed E-state index contributed by atoms with van der Waals surface area (Å²) < 4.78 is 11.7. The zero-order chi connectivity index (χ0) is 15.7. The molecule has 2 atom stereocenters. The van der Waals surface area contributed by atoms with Crippen LogP contribution in [0.25, 0.3) is 0 Å². The topological polar surface area (TPSA) is 62.3 Å². The molecule has 0 radical (unpaired) electrons. The molecule has 1 N–H and O–H groups in total. The van der Waals surface area contributed by atoms with Crippen LogP contribution in [-0.4, -0.2) is 44.2 Å². The van der Waals surface area contributed by atoms with Crippen LogP contribution < -0.4 is 5.32 Å². The Kier molecular flexibility index (Phi) is 4.54. The maximum absolute atomic E-state index is 12.5. The average Bonchev–Trinajstić information content (AvgIpc) is 3.04. The van der Waals surface area contributed by atoms with Gasteiger partial charge in [-0.15, -0.1) is 11.3 Å². The maximum atomic E-state index is 12.5. The quantitative estimate of drug-likeness (QED) is 0.915. The molecule has 0 spiro atoms. The molecule has 0 bridgehead atoms. The van der Waals surface area contributed by atoms with E-state index in [1.54, 1.807) is 17.6 Å². The first-order valence-corrected chi connectivity index (χ1v) is 10.3. The number of hydrogen-bond acceptors (Lipinski definition) is 4. The van der Waals surface area contributed by atoms with Gasteiger partial charge in [0.05, 0.1) is 21.5 Å². The Morgan fingerprint density at radius 3 is 2.86 bits per heavy atom. The molecular formula is C15H23N3O2S2. The highest BCUT2D eigenvalue weighted by atomic mass is 32.2. The van der Waals surface area contributed by atoms with Crippen LogP contribution in [-0.2, 0) is 10.8 Å². The van der Waals surface area contributed by atoms with Gasteiger partial charge < -0.3 is 10.2 Å². The van der Waals surface area contributed by atoms with Crippen LogP contribution in [0, 0.1) is 6.92 Å². The normalized spacial score (nSPS) is 24.8. The Morgan fingerprint density at radius 2 is 2.32 bits per heavy atom. The van der Waals surface area contributed by atoms with Crippen molar-refractivity contribution in [3.8, 4) is 0 Å². The molecule has 1 saturated heterocycles. The third-order valence-corrected chi connectivity index (χ3v) is 7.49.